The predicted molar refractivity (Wildman–Crippen MR) is 114 cm³/mol. The number of nitrogens with one attached hydrogen (secondary N) is 1. The largest absolute Gasteiger partial charge is 0.394 e. The van der Waals surface area contributed by atoms with Crippen LogP contribution in [0.25, 0.3) is 0 Å². The van der Waals surface area contributed by atoms with Crippen LogP contribution in [0.3, 0.4) is 0 Å². The van der Waals surface area contributed by atoms with Crippen molar-refractivity contribution in [2.75, 3.05) is 32.1 Å². The molecular weight excluding hydrogens is 402 g/mol. The van der Waals surface area contributed by atoms with Gasteiger partial charge in [0.05, 0.1) is 31.5 Å². The van der Waals surface area contributed by atoms with E-state index in [1.807, 2.05) is 13.8 Å². The van der Waals surface area contributed by atoms with E-state index in [0.29, 0.717) is 13.2 Å². The van der Waals surface area contributed by atoms with Crippen LogP contribution < -0.4 is 5.32 Å². The van der Waals surface area contributed by atoms with Gasteiger partial charge in [-0.25, -0.2) is 0 Å². The van der Waals surface area contributed by atoms with Crippen LogP contribution in [0.2, 0.25) is 0 Å². The SMILES string of the molecule is CC1(C)OC2C(CO)OC(C(C)(C)C)C(NCC(O)COCCCSS)C2O1. The Kier molecular flexibility index (Phi) is 9.38. The molecule has 0 amide bonds. The van der Waals surface area contributed by atoms with Crippen LogP contribution in [-0.4, -0.2) is 84.7 Å². The molecule has 7 nitrogen and oxygen atoms in total. The van der Waals surface area contributed by atoms with Crippen LogP contribution >= 0.6 is 22.5 Å². The first kappa shape index (κ1) is 24.7. The van der Waals surface area contributed by atoms with Gasteiger partial charge in [0.2, 0.25) is 0 Å². The number of aliphatic hydroxyl groups is 2. The monoisotopic (exact) mass is 439 g/mol. The van der Waals surface area contributed by atoms with Gasteiger partial charge in [-0.15, -0.1) is 11.7 Å². The maximum Gasteiger partial charge on any atom is 0.163 e. The van der Waals surface area contributed by atoms with Crippen LogP contribution in [0.15, 0.2) is 0 Å². The second-order valence-corrected chi connectivity index (χ2v) is 10.5. The van der Waals surface area contributed by atoms with E-state index < -0.39 is 18.0 Å². The fourth-order valence-electron chi connectivity index (χ4n) is 3.79. The molecule has 0 radical (unpaired) electrons. The van der Waals surface area contributed by atoms with Gasteiger partial charge in [-0.2, -0.15) is 0 Å². The third-order valence-corrected chi connectivity index (χ3v) is 6.01. The van der Waals surface area contributed by atoms with E-state index in [-0.39, 0.29) is 43.0 Å². The summed E-state index contributed by atoms with van der Waals surface area (Å²) < 4.78 is 24.0. The van der Waals surface area contributed by atoms with E-state index in [2.05, 4.69) is 37.7 Å². The number of hydrogen-bond acceptors (Lipinski definition) is 9. The van der Waals surface area contributed by atoms with Crippen LogP contribution in [0.1, 0.15) is 41.0 Å². The molecule has 2 heterocycles. The summed E-state index contributed by atoms with van der Waals surface area (Å²) in [6, 6.07) is -0.176. The van der Waals surface area contributed by atoms with Crippen molar-refractivity contribution < 1.29 is 29.2 Å². The normalized spacial score (nSPS) is 33.6. The molecule has 0 aromatic rings. The zero-order chi connectivity index (χ0) is 20.9. The number of aliphatic hydroxyl groups excluding tert-OH is 2. The fourth-order valence-corrected chi connectivity index (χ4v) is 4.43. The Balaban J connectivity index is 1.99. The first-order valence-electron chi connectivity index (χ1n) is 9.96. The minimum Gasteiger partial charge on any atom is -0.394 e. The molecule has 2 aliphatic rings. The van der Waals surface area contributed by atoms with Gasteiger partial charge in [0.25, 0.3) is 0 Å². The maximum absolute atomic E-state index is 10.3. The smallest absolute Gasteiger partial charge is 0.163 e. The summed E-state index contributed by atoms with van der Waals surface area (Å²) in [6.07, 6.45) is -0.998. The average molecular weight is 440 g/mol. The molecule has 6 atom stereocenters. The van der Waals surface area contributed by atoms with Crippen LogP contribution in [0, 0.1) is 5.41 Å². The van der Waals surface area contributed by atoms with Gasteiger partial charge in [-0.1, -0.05) is 31.6 Å². The highest BCUT2D eigenvalue weighted by molar-refractivity contribution is 8.68. The minimum atomic E-state index is -0.744. The molecule has 0 aliphatic carbocycles. The predicted octanol–water partition coefficient (Wildman–Crippen LogP) is 1.62. The molecule has 0 saturated carbocycles. The lowest BCUT2D eigenvalue weighted by Gasteiger charge is -2.47. The lowest BCUT2D eigenvalue weighted by atomic mass is 9.78. The lowest BCUT2D eigenvalue weighted by molar-refractivity contribution is -0.190. The number of ether oxygens (including phenoxy) is 4. The number of fused-ring (bicyclic) bond motifs is 1. The van der Waals surface area contributed by atoms with Crippen molar-refractivity contribution in [3.63, 3.8) is 0 Å². The molecule has 2 saturated heterocycles. The van der Waals surface area contributed by atoms with E-state index >= 15 is 0 Å². The van der Waals surface area contributed by atoms with E-state index in [1.54, 1.807) is 0 Å². The Hall–Kier alpha value is 0.420. The topological polar surface area (TPSA) is 89.4 Å². The summed E-state index contributed by atoms with van der Waals surface area (Å²) in [7, 11) is 1.48. The fraction of sp³-hybridized carbons (Fsp3) is 1.00. The highest BCUT2D eigenvalue weighted by atomic mass is 33.1. The first-order valence-corrected chi connectivity index (χ1v) is 12.0. The Morgan fingerprint density at radius 3 is 2.54 bits per heavy atom. The second kappa shape index (κ2) is 10.6. The molecule has 9 heteroatoms. The standard InChI is InChI=1S/C19H37NO6S2/c1-18(2,3)17-14(20-9-12(22)11-23-7-6-8-28-27)16-15(13(10-21)24-17)25-19(4,5)26-16/h12-17,20-22,27H,6-11H2,1-5H3. The van der Waals surface area contributed by atoms with E-state index in [0.717, 1.165) is 12.2 Å². The molecule has 166 valence electrons. The van der Waals surface area contributed by atoms with E-state index in [9.17, 15) is 10.2 Å². The molecule has 0 aromatic heterocycles. The Labute approximate surface area is 178 Å². The average Bonchev–Trinajstić information content (AvgIpc) is 2.93. The molecule has 2 rings (SSSR count). The Bertz CT molecular complexity index is 476. The summed E-state index contributed by atoms with van der Waals surface area (Å²) in [5, 5.41) is 23.5. The van der Waals surface area contributed by atoms with E-state index in [1.165, 1.54) is 10.8 Å². The molecule has 0 spiro atoms. The summed E-state index contributed by atoms with van der Waals surface area (Å²) in [4.78, 5) is 0. The second-order valence-electron chi connectivity index (χ2n) is 9.06. The van der Waals surface area contributed by atoms with Gasteiger partial charge in [0.15, 0.2) is 5.79 Å². The lowest BCUT2D eigenvalue weighted by Crippen LogP contribution is -2.65. The maximum atomic E-state index is 10.3. The molecule has 6 unspecified atom stereocenters. The zero-order valence-electron chi connectivity index (χ0n) is 17.6. The molecule has 2 aliphatic heterocycles. The first-order chi connectivity index (χ1) is 13.1. The van der Waals surface area contributed by atoms with Gasteiger partial charge in [-0.3, -0.25) is 0 Å². The number of rotatable bonds is 10. The van der Waals surface area contributed by atoms with Crippen molar-refractivity contribution >= 4 is 22.5 Å². The zero-order valence-corrected chi connectivity index (χ0v) is 19.3. The third-order valence-electron chi connectivity index (χ3n) is 4.99. The van der Waals surface area contributed by atoms with Gasteiger partial charge in [-0.05, 0) is 25.7 Å². The van der Waals surface area contributed by atoms with Crippen molar-refractivity contribution in [1.82, 2.24) is 5.32 Å². The van der Waals surface area contributed by atoms with Crippen molar-refractivity contribution in [2.24, 2.45) is 5.41 Å². The van der Waals surface area contributed by atoms with Crippen LogP contribution in [-0.2, 0) is 18.9 Å². The summed E-state index contributed by atoms with van der Waals surface area (Å²) in [6.45, 7) is 11.1. The quantitative estimate of drug-likeness (QED) is 0.232. The molecule has 3 N–H and O–H groups in total. The van der Waals surface area contributed by atoms with Gasteiger partial charge in [0.1, 0.15) is 18.3 Å². The minimum absolute atomic E-state index is 0.124. The summed E-state index contributed by atoms with van der Waals surface area (Å²) in [5.41, 5.74) is -0.182. The third kappa shape index (κ3) is 6.72. The van der Waals surface area contributed by atoms with Crippen molar-refractivity contribution in [1.29, 1.82) is 0 Å². The molecule has 0 bridgehead atoms. The Morgan fingerprint density at radius 2 is 1.93 bits per heavy atom. The van der Waals surface area contributed by atoms with Gasteiger partial charge >= 0.3 is 0 Å². The number of thiol groups is 1. The van der Waals surface area contributed by atoms with E-state index in [4.69, 9.17) is 18.9 Å². The van der Waals surface area contributed by atoms with Gasteiger partial charge < -0.3 is 34.5 Å². The highest BCUT2D eigenvalue weighted by Gasteiger charge is 2.56. The van der Waals surface area contributed by atoms with Crippen LogP contribution in [0.5, 0.6) is 0 Å². The highest BCUT2D eigenvalue weighted by Crippen LogP contribution is 2.41. The molecular formula is C19H37NO6S2. The Morgan fingerprint density at radius 1 is 1.25 bits per heavy atom. The summed E-state index contributed by atoms with van der Waals surface area (Å²) >= 11 is 4.09. The molecule has 0 aromatic carbocycles. The van der Waals surface area contributed by atoms with Crippen molar-refractivity contribution in [3.8, 4) is 0 Å². The number of hydrogen-bond donors (Lipinski definition) is 4. The molecule has 28 heavy (non-hydrogen) atoms. The summed E-state index contributed by atoms with van der Waals surface area (Å²) in [5.74, 6) is 0.178. The van der Waals surface area contributed by atoms with Crippen LogP contribution in [0.4, 0.5) is 0 Å². The van der Waals surface area contributed by atoms with Crippen molar-refractivity contribution in [2.45, 2.75) is 83.4 Å². The van der Waals surface area contributed by atoms with Crippen molar-refractivity contribution in [3.05, 3.63) is 0 Å². The molecule has 2 fully saturated rings. The van der Waals surface area contributed by atoms with Gasteiger partial charge in [0, 0.05) is 18.9 Å².